The van der Waals surface area contributed by atoms with Crippen LogP contribution in [0.5, 0.6) is 0 Å². The number of ketones is 4. The highest BCUT2D eigenvalue weighted by Gasteiger charge is 2.41. The second kappa shape index (κ2) is 5.53. The van der Waals surface area contributed by atoms with E-state index < -0.39 is 5.78 Å². The maximum absolute atomic E-state index is 12.9. The van der Waals surface area contributed by atoms with E-state index in [0.717, 1.165) is 16.6 Å². The van der Waals surface area contributed by atoms with Crippen LogP contribution in [0.1, 0.15) is 6.42 Å². The molecule has 6 heteroatoms. The van der Waals surface area contributed by atoms with Gasteiger partial charge in [0.05, 0.1) is 22.0 Å². The minimum atomic E-state index is -0.417. The summed E-state index contributed by atoms with van der Waals surface area (Å²) in [6.07, 6.45) is 11.9. The molecule has 0 saturated heterocycles. The number of rotatable bonds is 0. The zero-order valence-electron chi connectivity index (χ0n) is 13.3. The van der Waals surface area contributed by atoms with Gasteiger partial charge in [0.25, 0.3) is 0 Å². The fourth-order valence-electron chi connectivity index (χ4n) is 3.53. The van der Waals surface area contributed by atoms with E-state index in [1.54, 1.807) is 0 Å². The summed E-state index contributed by atoms with van der Waals surface area (Å²) < 4.78 is 0. The van der Waals surface area contributed by atoms with Crippen molar-refractivity contribution >= 4 is 46.7 Å². The molecule has 0 aromatic heterocycles. The van der Waals surface area contributed by atoms with E-state index in [1.807, 2.05) is 30.4 Å². The summed E-state index contributed by atoms with van der Waals surface area (Å²) in [5, 5.41) is 0. The molecular weight excluding hydrogens is 368 g/mol. The molecule has 0 spiro atoms. The Hall–Kier alpha value is -2.44. The smallest absolute Gasteiger partial charge is 0.190 e. The Balaban J connectivity index is 1.62. The molecule has 1 aliphatic heterocycles. The molecule has 0 radical (unpaired) electrons. The van der Waals surface area contributed by atoms with Gasteiger partial charge < -0.3 is 0 Å². The van der Waals surface area contributed by atoms with Gasteiger partial charge in [-0.3, -0.25) is 19.2 Å². The lowest BCUT2D eigenvalue weighted by Crippen LogP contribution is -2.28. The molecule has 0 N–H and O–H groups in total. The van der Waals surface area contributed by atoms with Crippen molar-refractivity contribution in [3.8, 4) is 0 Å². The van der Waals surface area contributed by atoms with Gasteiger partial charge in [0.1, 0.15) is 0 Å². The molecule has 0 aromatic carbocycles. The second-order valence-electron chi connectivity index (χ2n) is 6.29. The van der Waals surface area contributed by atoms with E-state index in [4.69, 9.17) is 0 Å². The molecule has 0 bridgehead atoms. The van der Waals surface area contributed by atoms with Gasteiger partial charge in [-0.15, -0.1) is 0 Å². The van der Waals surface area contributed by atoms with Crippen molar-refractivity contribution in [3.05, 3.63) is 78.9 Å². The van der Waals surface area contributed by atoms with Gasteiger partial charge in [-0.05, 0) is 23.8 Å². The van der Waals surface area contributed by atoms with Crippen LogP contribution < -0.4 is 0 Å². The molecule has 1 atom stereocenters. The minimum Gasteiger partial charge on any atom is -0.294 e. The summed E-state index contributed by atoms with van der Waals surface area (Å²) >= 11 is 2.59. The van der Waals surface area contributed by atoms with Gasteiger partial charge in [0.2, 0.25) is 0 Å². The first-order valence-electron chi connectivity index (χ1n) is 8.03. The van der Waals surface area contributed by atoms with Crippen LogP contribution in [0.4, 0.5) is 0 Å². The van der Waals surface area contributed by atoms with Crippen molar-refractivity contribution < 1.29 is 19.2 Å². The Morgan fingerprint density at radius 2 is 1.62 bits per heavy atom. The maximum Gasteiger partial charge on any atom is 0.190 e. The van der Waals surface area contributed by atoms with Crippen LogP contribution in [0.3, 0.4) is 0 Å². The van der Waals surface area contributed by atoms with Crippen molar-refractivity contribution in [2.45, 2.75) is 6.42 Å². The predicted octanol–water partition coefficient (Wildman–Crippen LogP) is 3.12. The predicted molar refractivity (Wildman–Crippen MR) is 99.9 cm³/mol. The average Bonchev–Trinajstić information content (AvgIpc) is 2.63. The standard InChI is InChI=1S/C20H10O4S2/c21-11-5-6-12(22)17-16(11)13(23)8-15-19(17)25-14-7-9-3-1-2-4-10(9)18(24)20(14)26-15/h1-7,10H,8H2. The Morgan fingerprint density at radius 3 is 2.42 bits per heavy atom. The van der Waals surface area contributed by atoms with E-state index in [2.05, 4.69) is 0 Å². The highest BCUT2D eigenvalue weighted by atomic mass is 32.2. The van der Waals surface area contributed by atoms with Crippen molar-refractivity contribution in [2.75, 3.05) is 0 Å². The number of Topliss-reactive ketones (excluding diaryl/α,β-unsaturated/α-hetero) is 2. The van der Waals surface area contributed by atoms with E-state index >= 15 is 0 Å². The van der Waals surface area contributed by atoms with Crippen LogP contribution in [0.15, 0.2) is 78.9 Å². The van der Waals surface area contributed by atoms with Crippen molar-refractivity contribution in [3.63, 3.8) is 0 Å². The molecular formula is C20H10O4S2. The molecule has 1 unspecified atom stereocenters. The lowest BCUT2D eigenvalue weighted by molar-refractivity contribution is -0.121. The highest BCUT2D eigenvalue weighted by Crippen LogP contribution is 2.55. The van der Waals surface area contributed by atoms with E-state index in [-0.39, 0.29) is 40.8 Å². The molecule has 0 fully saturated rings. The Morgan fingerprint density at radius 1 is 0.846 bits per heavy atom. The van der Waals surface area contributed by atoms with Crippen LogP contribution in [0.2, 0.25) is 0 Å². The molecule has 5 rings (SSSR count). The highest BCUT2D eigenvalue weighted by molar-refractivity contribution is 8.14. The Labute approximate surface area is 157 Å². The summed E-state index contributed by atoms with van der Waals surface area (Å²) in [5.41, 5.74) is 1.10. The molecule has 0 aromatic rings. The topological polar surface area (TPSA) is 68.3 Å². The van der Waals surface area contributed by atoms with Gasteiger partial charge >= 0.3 is 0 Å². The normalized spacial score (nSPS) is 26.8. The largest absolute Gasteiger partial charge is 0.294 e. The number of hydrogen-bond donors (Lipinski definition) is 0. The van der Waals surface area contributed by atoms with Gasteiger partial charge in [-0.25, -0.2) is 0 Å². The van der Waals surface area contributed by atoms with Crippen molar-refractivity contribution in [2.24, 2.45) is 5.92 Å². The molecule has 0 amide bonds. The summed E-state index contributed by atoms with van der Waals surface area (Å²) in [6.45, 7) is 0. The third-order valence-corrected chi connectivity index (χ3v) is 7.41. The molecule has 5 aliphatic rings. The Kier molecular flexibility index (Phi) is 3.36. The van der Waals surface area contributed by atoms with Crippen LogP contribution in [0, 0.1) is 5.92 Å². The number of hydrogen-bond acceptors (Lipinski definition) is 6. The van der Waals surface area contributed by atoms with Gasteiger partial charge in [0.15, 0.2) is 23.1 Å². The summed E-state index contributed by atoms with van der Waals surface area (Å²) in [6, 6.07) is 0. The van der Waals surface area contributed by atoms with Crippen LogP contribution in [-0.2, 0) is 19.2 Å². The molecule has 26 heavy (non-hydrogen) atoms. The summed E-state index contributed by atoms with van der Waals surface area (Å²) in [4.78, 5) is 52.6. The average molecular weight is 378 g/mol. The second-order valence-corrected chi connectivity index (χ2v) is 8.45. The number of thioether (sulfide) groups is 2. The monoisotopic (exact) mass is 378 g/mol. The van der Waals surface area contributed by atoms with Crippen LogP contribution in [-0.4, -0.2) is 23.1 Å². The lowest BCUT2D eigenvalue weighted by Gasteiger charge is -2.32. The van der Waals surface area contributed by atoms with Gasteiger partial charge in [-0.1, -0.05) is 47.8 Å². The van der Waals surface area contributed by atoms with Crippen molar-refractivity contribution in [1.82, 2.24) is 0 Å². The number of carbonyl (C=O) groups excluding carboxylic acids is 4. The third kappa shape index (κ3) is 2.12. The fourth-order valence-corrected chi connectivity index (χ4v) is 6.16. The zero-order chi connectivity index (χ0) is 18.0. The molecule has 126 valence electrons. The summed E-state index contributed by atoms with van der Waals surface area (Å²) in [5.74, 6) is -1.37. The Bertz CT molecular complexity index is 1070. The SMILES string of the molecule is O=C1C=CC(=O)C2=C1C(=O)CC1=C2SC2=C(S1)C(=O)C1C=CC=CC1=C2. The third-order valence-electron chi connectivity index (χ3n) is 4.74. The lowest BCUT2D eigenvalue weighted by atomic mass is 9.86. The van der Waals surface area contributed by atoms with E-state index in [9.17, 15) is 19.2 Å². The van der Waals surface area contributed by atoms with E-state index in [1.165, 1.54) is 29.6 Å². The molecule has 4 nitrogen and oxygen atoms in total. The van der Waals surface area contributed by atoms with E-state index in [0.29, 0.717) is 14.7 Å². The quantitative estimate of drug-likeness (QED) is 0.477. The number of fused-ring (bicyclic) bond motifs is 2. The number of allylic oxidation sites excluding steroid dienone is 12. The number of carbonyl (C=O) groups is 4. The first kappa shape index (κ1) is 15.8. The minimum absolute atomic E-state index is 0.0124. The molecule has 0 saturated carbocycles. The molecule has 4 aliphatic carbocycles. The maximum atomic E-state index is 12.9. The first-order valence-corrected chi connectivity index (χ1v) is 9.66. The van der Waals surface area contributed by atoms with Gasteiger partial charge in [-0.2, -0.15) is 0 Å². The zero-order valence-corrected chi connectivity index (χ0v) is 14.9. The van der Waals surface area contributed by atoms with Crippen LogP contribution >= 0.6 is 23.5 Å². The molecule has 1 heterocycles. The fraction of sp³-hybridized carbons (Fsp3) is 0.100. The first-order chi connectivity index (χ1) is 12.5. The van der Waals surface area contributed by atoms with Crippen LogP contribution in [0.25, 0.3) is 0 Å². The summed E-state index contributed by atoms with van der Waals surface area (Å²) in [7, 11) is 0. The van der Waals surface area contributed by atoms with Gasteiger partial charge in [0, 0.05) is 21.1 Å². The van der Waals surface area contributed by atoms with Crippen molar-refractivity contribution in [1.29, 1.82) is 0 Å².